The highest BCUT2D eigenvalue weighted by molar-refractivity contribution is 5.31. The lowest BCUT2D eigenvalue weighted by atomic mass is 9.97. The molecule has 2 unspecified atom stereocenters. The summed E-state index contributed by atoms with van der Waals surface area (Å²) in [6.07, 6.45) is 0. The molecule has 2 atom stereocenters. The molecule has 0 aliphatic rings. The molecule has 2 aromatic rings. The highest BCUT2D eigenvalue weighted by Gasteiger charge is 2.24. The average Bonchev–Trinajstić information content (AvgIpc) is 2.46. The van der Waals surface area contributed by atoms with Crippen molar-refractivity contribution in [1.29, 1.82) is 0 Å². The number of aliphatic hydroxyl groups is 1. The van der Waals surface area contributed by atoms with Gasteiger partial charge in [-0.05, 0) is 37.1 Å². The van der Waals surface area contributed by atoms with Crippen LogP contribution in [-0.4, -0.2) is 11.7 Å². The molecule has 0 heterocycles. The van der Waals surface area contributed by atoms with Gasteiger partial charge >= 0.3 is 0 Å². The number of rotatable bonds is 5. The minimum Gasteiger partial charge on any atom is -0.487 e. The summed E-state index contributed by atoms with van der Waals surface area (Å²) in [6.45, 7) is 3.39. The second-order valence-electron chi connectivity index (χ2n) is 5.41. The Bertz CT molecular complexity index is 597. The number of benzene rings is 2. The fraction of sp³-hybridized carbons (Fsp3) is 0.294. The second-order valence-corrected chi connectivity index (χ2v) is 5.41. The molecule has 4 heteroatoms. The molecule has 0 aliphatic carbocycles. The van der Waals surface area contributed by atoms with Gasteiger partial charge in [0.05, 0.1) is 0 Å². The first-order valence-electron chi connectivity index (χ1n) is 6.86. The van der Waals surface area contributed by atoms with E-state index in [0.717, 1.165) is 5.56 Å². The number of ether oxygens (including phenoxy) is 1. The van der Waals surface area contributed by atoms with Crippen LogP contribution in [-0.2, 0) is 5.60 Å². The molecular formula is C17H20FNO2. The van der Waals surface area contributed by atoms with Crippen LogP contribution in [0.5, 0.6) is 5.75 Å². The smallest absolute Gasteiger partial charge is 0.165 e. The highest BCUT2D eigenvalue weighted by Crippen LogP contribution is 2.25. The van der Waals surface area contributed by atoms with Crippen LogP contribution < -0.4 is 10.5 Å². The molecule has 2 rings (SSSR count). The zero-order chi connectivity index (χ0) is 15.5. The quantitative estimate of drug-likeness (QED) is 0.889. The highest BCUT2D eigenvalue weighted by atomic mass is 19.1. The van der Waals surface area contributed by atoms with Crippen molar-refractivity contribution in [2.24, 2.45) is 5.73 Å². The molecule has 21 heavy (non-hydrogen) atoms. The number of hydrogen-bond acceptors (Lipinski definition) is 3. The Morgan fingerprint density at radius 2 is 1.90 bits per heavy atom. The Morgan fingerprint density at radius 3 is 2.48 bits per heavy atom. The lowest BCUT2D eigenvalue weighted by molar-refractivity contribution is 0.00642. The van der Waals surface area contributed by atoms with E-state index in [0.29, 0.717) is 5.56 Å². The molecule has 0 fully saturated rings. The summed E-state index contributed by atoms with van der Waals surface area (Å²) in [5.74, 6) is -0.371. The van der Waals surface area contributed by atoms with Gasteiger partial charge in [0, 0.05) is 6.04 Å². The van der Waals surface area contributed by atoms with Crippen molar-refractivity contribution < 1.29 is 14.2 Å². The number of hydrogen-bond donors (Lipinski definition) is 2. The van der Waals surface area contributed by atoms with E-state index in [9.17, 15) is 9.50 Å². The lowest BCUT2D eigenvalue weighted by Crippen LogP contribution is -2.29. The van der Waals surface area contributed by atoms with Gasteiger partial charge in [0.15, 0.2) is 11.6 Å². The van der Waals surface area contributed by atoms with Gasteiger partial charge in [-0.25, -0.2) is 4.39 Å². The summed E-state index contributed by atoms with van der Waals surface area (Å²) in [6, 6.07) is 13.5. The largest absolute Gasteiger partial charge is 0.487 e. The Balaban J connectivity index is 2.09. The molecule has 0 bridgehead atoms. The van der Waals surface area contributed by atoms with Gasteiger partial charge in [-0.3, -0.25) is 0 Å². The molecule has 0 amide bonds. The van der Waals surface area contributed by atoms with Crippen LogP contribution in [0.3, 0.4) is 0 Å². The summed E-state index contributed by atoms with van der Waals surface area (Å²) < 4.78 is 19.4. The fourth-order valence-electron chi connectivity index (χ4n) is 2.02. The predicted molar refractivity (Wildman–Crippen MR) is 80.5 cm³/mol. The first-order valence-corrected chi connectivity index (χ1v) is 6.86. The molecule has 0 aromatic heterocycles. The fourth-order valence-corrected chi connectivity index (χ4v) is 2.02. The first kappa shape index (κ1) is 15.5. The SMILES string of the molecule is CC(N)c1ccc(OCC(C)(O)c2ccccc2)c(F)c1. The van der Waals surface area contributed by atoms with Gasteiger partial charge in [-0.1, -0.05) is 36.4 Å². The maximum atomic E-state index is 13.9. The Morgan fingerprint density at radius 1 is 1.24 bits per heavy atom. The summed E-state index contributed by atoms with van der Waals surface area (Å²) in [4.78, 5) is 0. The molecule has 0 saturated heterocycles. The Kier molecular flexibility index (Phi) is 4.60. The van der Waals surface area contributed by atoms with Crippen molar-refractivity contribution in [3.63, 3.8) is 0 Å². The van der Waals surface area contributed by atoms with Crippen molar-refractivity contribution in [2.45, 2.75) is 25.5 Å². The molecule has 0 aliphatic heterocycles. The van der Waals surface area contributed by atoms with E-state index >= 15 is 0 Å². The third-order valence-electron chi connectivity index (χ3n) is 3.39. The zero-order valence-corrected chi connectivity index (χ0v) is 12.2. The molecule has 0 spiro atoms. The monoisotopic (exact) mass is 289 g/mol. The first-order chi connectivity index (χ1) is 9.90. The van der Waals surface area contributed by atoms with Gasteiger partial charge in [-0.15, -0.1) is 0 Å². The van der Waals surface area contributed by atoms with Gasteiger partial charge in [0.25, 0.3) is 0 Å². The van der Waals surface area contributed by atoms with E-state index in [2.05, 4.69) is 0 Å². The molecule has 0 radical (unpaired) electrons. The van der Waals surface area contributed by atoms with Crippen LogP contribution in [0.4, 0.5) is 4.39 Å². The lowest BCUT2D eigenvalue weighted by Gasteiger charge is -2.24. The van der Waals surface area contributed by atoms with E-state index in [1.807, 2.05) is 18.2 Å². The molecule has 3 N–H and O–H groups in total. The molecule has 3 nitrogen and oxygen atoms in total. The van der Waals surface area contributed by atoms with Gasteiger partial charge in [-0.2, -0.15) is 0 Å². The van der Waals surface area contributed by atoms with Crippen molar-refractivity contribution in [2.75, 3.05) is 6.61 Å². The van der Waals surface area contributed by atoms with Crippen LogP contribution in [0.1, 0.15) is 31.0 Å². The number of nitrogens with two attached hydrogens (primary N) is 1. The molecule has 0 saturated carbocycles. The van der Waals surface area contributed by atoms with Crippen molar-refractivity contribution in [1.82, 2.24) is 0 Å². The van der Waals surface area contributed by atoms with Crippen LogP contribution in [0.25, 0.3) is 0 Å². The number of halogens is 1. The summed E-state index contributed by atoms with van der Waals surface area (Å²) in [5.41, 5.74) is 5.94. The van der Waals surface area contributed by atoms with Crippen LogP contribution in [0, 0.1) is 5.82 Å². The Hall–Kier alpha value is -1.91. The van der Waals surface area contributed by atoms with Gasteiger partial charge in [0.1, 0.15) is 12.2 Å². The summed E-state index contributed by atoms with van der Waals surface area (Å²) in [7, 11) is 0. The normalized spacial score (nSPS) is 15.3. The molecular weight excluding hydrogens is 269 g/mol. The molecule has 2 aromatic carbocycles. The van der Waals surface area contributed by atoms with Gasteiger partial charge in [0.2, 0.25) is 0 Å². The third-order valence-corrected chi connectivity index (χ3v) is 3.39. The van der Waals surface area contributed by atoms with Crippen LogP contribution in [0.15, 0.2) is 48.5 Å². The molecule has 112 valence electrons. The Labute approximate surface area is 124 Å². The average molecular weight is 289 g/mol. The topological polar surface area (TPSA) is 55.5 Å². The van der Waals surface area contributed by atoms with E-state index in [1.54, 1.807) is 32.0 Å². The van der Waals surface area contributed by atoms with Crippen molar-refractivity contribution in [3.05, 3.63) is 65.5 Å². The maximum Gasteiger partial charge on any atom is 0.165 e. The van der Waals surface area contributed by atoms with Crippen molar-refractivity contribution >= 4 is 0 Å². The maximum absolute atomic E-state index is 13.9. The van der Waals surface area contributed by atoms with E-state index in [1.165, 1.54) is 12.1 Å². The predicted octanol–water partition coefficient (Wildman–Crippen LogP) is 3.13. The second kappa shape index (κ2) is 6.24. The minimum absolute atomic E-state index is 0.0363. The van der Waals surface area contributed by atoms with Crippen molar-refractivity contribution in [3.8, 4) is 5.75 Å². The summed E-state index contributed by atoms with van der Waals surface area (Å²) in [5, 5.41) is 10.4. The minimum atomic E-state index is -1.19. The van der Waals surface area contributed by atoms with Gasteiger partial charge < -0.3 is 15.6 Å². The van der Waals surface area contributed by atoms with Crippen LogP contribution in [0.2, 0.25) is 0 Å². The summed E-state index contributed by atoms with van der Waals surface area (Å²) >= 11 is 0. The van der Waals surface area contributed by atoms with E-state index in [-0.39, 0.29) is 18.4 Å². The van der Waals surface area contributed by atoms with E-state index in [4.69, 9.17) is 10.5 Å². The van der Waals surface area contributed by atoms with Crippen LogP contribution >= 0.6 is 0 Å². The standard InChI is InChI=1S/C17H20FNO2/c1-12(19)13-8-9-16(15(18)10-13)21-11-17(2,20)14-6-4-3-5-7-14/h3-10,12,20H,11,19H2,1-2H3. The zero-order valence-electron chi connectivity index (χ0n) is 12.2. The van der Waals surface area contributed by atoms with E-state index < -0.39 is 11.4 Å². The third kappa shape index (κ3) is 3.80.